The molecule has 0 unspecified atom stereocenters. The van der Waals surface area contributed by atoms with Crippen LogP contribution < -0.4 is 14.8 Å². The normalized spacial score (nSPS) is 18.5. The number of rotatable bonds is 6. The Morgan fingerprint density at radius 2 is 2.25 bits per heavy atom. The minimum atomic E-state index is 0.550. The number of thiazole rings is 1. The van der Waals surface area contributed by atoms with Gasteiger partial charge in [-0.05, 0) is 32.0 Å². The molecule has 1 atom stereocenters. The molecule has 0 spiro atoms. The Hall–Kier alpha value is -1.63. The second-order valence-electron chi connectivity index (χ2n) is 5.97. The number of aromatic nitrogens is 1. The SMILES string of the molecule is CCOc1ccc(-c2nc(CN3CCNC[C@H]3C)cs2)cc1OC. The number of benzene rings is 1. The van der Waals surface area contributed by atoms with Crippen LogP contribution in [0.1, 0.15) is 19.5 Å². The molecule has 0 amide bonds. The minimum absolute atomic E-state index is 0.550. The zero-order valence-electron chi connectivity index (χ0n) is 14.5. The lowest BCUT2D eigenvalue weighted by molar-refractivity contribution is 0.164. The van der Waals surface area contributed by atoms with Crippen molar-refractivity contribution in [2.24, 2.45) is 0 Å². The molecule has 0 aliphatic carbocycles. The summed E-state index contributed by atoms with van der Waals surface area (Å²) in [6.45, 7) is 8.94. The van der Waals surface area contributed by atoms with Crippen LogP contribution in [0.4, 0.5) is 0 Å². The van der Waals surface area contributed by atoms with Crippen LogP contribution in [0, 0.1) is 0 Å². The standard InChI is InChI=1S/C18H25N3O2S/c1-4-23-16-6-5-14(9-17(16)22-3)18-20-15(12-24-18)11-21-8-7-19-10-13(21)2/h5-6,9,12-13,19H,4,7-8,10-11H2,1-3H3/t13-/m1/s1. The third-order valence-corrected chi connectivity index (χ3v) is 5.21. The molecule has 0 bridgehead atoms. The summed E-state index contributed by atoms with van der Waals surface area (Å²) in [4.78, 5) is 7.30. The van der Waals surface area contributed by atoms with Crippen LogP contribution >= 0.6 is 11.3 Å². The molecule has 1 aliphatic rings. The first-order valence-electron chi connectivity index (χ1n) is 8.41. The molecular formula is C18H25N3O2S. The first-order valence-corrected chi connectivity index (χ1v) is 9.29. The van der Waals surface area contributed by atoms with Crippen molar-refractivity contribution >= 4 is 11.3 Å². The van der Waals surface area contributed by atoms with Gasteiger partial charge in [0.1, 0.15) is 5.01 Å². The lowest BCUT2D eigenvalue weighted by Gasteiger charge is -2.33. The van der Waals surface area contributed by atoms with Gasteiger partial charge in [-0.15, -0.1) is 11.3 Å². The number of hydrogen-bond donors (Lipinski definition) is 1. The van der Waals surface area contributed by atoms with E-state index in [1.807, 2.05) is 25.1 Å². The van der Waals surface area contributed by atoms with Gasteiger partial charge in [0.05, 0.1) is 19.4 Å². The first kappa shape index (κ1) is 17.2. The molecule has 5 nitrogen and oxygen atoms in total. The fourth-order valence-corrected chi connectivity index (χ4v) is 3.72. The van der Waals surface area contributed by atoms with E-state index < -0.39 is 0 Å². The van der Waals surface area contributed by atoms with Crippen LogP contribution in [-0.2, 0) is 6.54 Å². The van der Waals surface area contributed by atoms with Crippen molar-refractivity contribution in [3.63, 3.8) is 0 Å². The highest BCUT2D eigenvalue weighted by atomic mass is 32.1. The highest BCUT2D eigenvalue weighted by Gasteiger charge is 2.19. The van der Waals surface area contributed by atoms with Crippen LogP contribution in [0.25, 0.3) is 10.6 Å². The average molecular weight is 347 g/mol. The highest BCUT2D eigenvalue weighted by molar-refractivity contribution is 7.13. The third-order valence-electron chi connectivity index (χ3n) is 4.27. The van der Waals surface area contributed by atoms with Crippen molar-refractivity contribution in [2.45, 2.75) is 26.4 Å². The summed E-state index contributed by atoms with van der Waals surface area (Å²) in [6, 6.07) is 6.55. The molecule has 2 aromatic rings. The van der Waals surface area contributed by atoms with E-state index >= 15 is 0 Å². The first-order chi connectivity index (χ1) is 11.7. The van der Waals surface area contributed by atoms with Gasteiger partial charge < -0.3 is 14.8 Å². The van der Waals surface area contributed by atoms with Gasteiger partial charge in [-0.25, -0.2) is 4.98 Å². The summed E-state index contributed by atoms with van der Waals surface area (Å²) in [5.41, 5.74) is 2.21. The number of ether oxygens (including phenoxy) is 2. The van der Waals surface area contributed by atoms with Crippen LogP contribution in [0.5, 0.6) is 11.5 Å². The smallest absolute Gasteiger partial charge is 0.161 e. The molecule has 1 aromatic heterocycles. The molecule has 0 radical (unpaired) electrons. The van der Waals surface area contributed by atoms with E-state index in [0.717, 1.165) is 53.9 Å². The van der Waals surface area contributed by atoms with Gasteiger partial charge in [0.25, 0.3) is 0 Å². The summed E-state index contributed by atoms with van der Waals surface area (Å²) in [7, 11) is 1.67. The van der Waals surface area contributed by atoms with Crippen molar-refractivity contribution in [3.05, 3.63) is 29.3 Å². The predicted molar refractivity (Wildman–Crippen MR) is 98.0 cm³/mol. The lowest BCUT2D eigenvalue weighted by Crippen LogP contribution is -2.49. The number of nitrogens with zero attached hydrogens (tertiary/aromatic N) is 2. The summed E-state index contributed by atoms with van der Waals surface area (Å²) in [5.74, 6) is 1.52. The molecule has 1 fully saturated rings. The molecular weight excluding hydrogens is 322 g/mol. The summed E-state index contributed by atoms with van der Waals surface area (Å²) in [5, 5.41) is 6.61. The molecule has 6 heteroatoms. The van der Waals surface area contributed by atoms with E-state index in [1.54, 1.807) is 18.4 Å². The maximum absolute atomic E-state index is 5.58. The van der Waals surface area contributed by atoms with Gasteiger partial charge in [-0.2, -0.15) is 0 Å². The molecule has 1 aliphatic heterocycles. The van der Waals surface area contributed by atoms with Crippen molar-refractivity contribution in [1.82, 2.24) is 15.2 Å². The lowest BCUT2D eigenvalue weighted by atomic mass is 10.2. The average Bonchev–Trinajstić information content (AvgIpc) is 3.06. The van der Waals surface area contributed by atoms with Gasteiger partial charge in [-0.3, -0.25) is 4.90 Å². The second-order valence-corrected chi connectivity index (χ2v) is 6.82. The quantitative estimate of drug-likeness (QED) is 0.870. The van der Waals surface area contributed by atoms with E-state index in [0.29, 0.717) is 12.6 Å². The Morgan fingerprint density at radius 1 is 1.38 bits per heavy atom. The minimum Gasteiger partial charge on any atom is -0.493 e. The number of nitrogens with one attached hydrogen (secondary N) is 1. The zero-order valence-corrected chi connectivity index (χ0v) is 15.4. The van der Waals surface area contributed by atoms with Gasteiger partial charge >= 0.3 is 0 Å². The van der Waals surface area contributed by atoms with E-state index in [4.69, 9.17) is 14.5 Å². The molecule has 1 aromatic carbocycles. The Bertz CT molecular complexity index is 674. The molecule has 2 heterocycles. The van der Waals surface area contributed by atoms with Crippen molar-refractivity contribution in [2.75, 3.05) is 33.4 Å². The maximum Gasteiger partial charge on any atom is 0.161 e. The van der Waals surface area contributed by atoms with Gasteiger partial charge in [0.15, 0.2) is 11.5 Å². The van der Waals surface area contributed by atoms with E-state index in [9.17, 15) is 0 Å². The molecule has 3 rings (SSSR count). The van der Waals surface area contributed by atoms with Gasteiger partial charge in [-0.1, -0.05) is 0 Å². The Kier molecular flexibility index (Phi) is 5.71. The van der Waals surface area contributed by atoms with E-state index in [-0.39, 0.29) is 0 Å². The summed E-state index contributed by atoms with van der Waals surface area (Å²) in [6.07, 6.45) is 0. The number of hydrogen-bond acceptors (Lipinski definition) is 6. The monoisotopic (exact) mass is 347 g/mol. The molecule has 1 saturated heterocycles. The van der Waals surface area contributed by atoms with Crippen LogP contribution in [0.15, 0.2) is 23.6 Å². The molecule has 24 heavy (non-hydrogen) atoms. The Morgan fingerprint density at radius 3 is 3.00 bits per heavy atom. The zero-order chi connectivity index (χ0) is 16.9. The van der Waals surface area contributed by atoms with Gasteiger partial charge in [0, 0.05) is 43.2 Å². The fourth-order valence-electron chi connectivity index (χ4n) is 2.91. The number of methoxy groups -OCH3 is 1. The van der Waals surface area contributed by atoms with Gasteiger partial charge in [0.2, 0.25) is 0 Å². The van der Waals surface area contributed by atoms with Crippen molar-refractivity contribution in [3.8, 4) is 22.1 Å². The summed E-state index contributed by atoms with van der Waals surface area (Å²) < 4.78 is 11.0. The number of piperazine rings is 1. The summed E-state index contributed by atoms with van der Waals surface area (Å²) >= 11 is 1.68. The molecule has 0 saturated carbocycles. The molecule has 130 valence electrons. The Labute approximate surface area is 147 Å². The fraction of sp³-hybridized carbons (Fsp3) is 0.500. The van der Waals surface area contributed by atoms with Crippen molar-refractivity contribution in [1.29, 1.82) is 0 Å². The second kappa shape index (κ2) is 7.96. The van der Waals surface area contributed by atoms with Crippen LogP contribution in [0.2, 0.25) is 0 Å². The van der Waals surface area contributed by atoms with E-state index in [1.165, 1.54) is 0 Å². The largest absolute Gasteiger partial charge is 0.493 e. The highest BCUT2D eigenvalue weighted by Crippen LogP contribution is 2.34. The topological polar surface area (TPSA) is 46.6 Å². The van der Waals surface area contributed by atoms with Crippen molar-refractivity contribution < 1.29 is 9.47 Å². The van der Waals surface area contributed by atoms with E-state index in [2.05, 4.69) is 22.5 Å². The van der Waals surface area contributed by atoms with Crippen LogP contribution in [-0.4, -0.2) is 49.3 Å². The predicted octanol–water partition coefficient (Wildman–Crippen LogP) is 3.01. The molecule has 1 N–H and O–H groups in total. The van der Waals surface area contributed by atoms with Crippen LogP contribution in [0.3, 0.4) is 0 Å². The third kappa shape index (κ3) is 3.88. The maximum atomic E-state index is 5.58. The Balaban J connectivity index is 1.75.